The summed E-state index contributed by atoms with van der Waals surface area (Å²) in [4.78, 5) is 12.8. The van der Waals surface area contributed by atoms with Gasteiger partial charge in [0.25, 0.3) is 0 Å². The Bertz CT molecular complexity index is 674. The number of carboxylic acid groups (broad SMARTS) is 1. The minimum atomic E-state index is -1.95. The fourth-order valence-corrected chi connectivity index (χ4v) is 1.79. The van der Waals surface area contributed by atoms with Crippen molar-refractivity contribution < 1.29 is 27.5 Å². The predicted octanol–water partition coefficient (Wildman–Crippen LogP) is 2.10. The van der Waals surface area contributed by atoms with Crippen LogP contribution in [0, 0.1) is 23.3 Å². The van der Waals surface area contributed by atoms with Crippen molar-refractivity contribution in [3.8, 4) is 0 Å². The number of carbonyl (C=O) groups is 1. The highest BCUT2D eigenvalue weighted by Gasteiger charge is 2.25. The summed E-state index contributed by atoms with van der Waals surface area (Å²) >= 11 is 0. The molecule has 20 heavy (non-hydrogen) atoms. The van der Waals surface area contributed by atoms with E-state index in [1.165, 1.54) is 0 Å². The van der Waals surface area contributed by atoms with E-state index in [4.69, 9.17) is 10.8 Å². The molecule has 1 unspecified atom stereocenters. The molecule has 110 valence electrons. The Morgan fingerprint density at radius 2 is 1.75 bits per heavy atom. The van der Waals surface area contributed by atoms with Crippen molar-refractivity contribution in [1.29, 1.82) is 0 Å². The Morgan fingerprint density at radius 1 is 1.20 bits per heavy atom. The van der Waals surface area contributed by atoms with Gasteiger partial charge in [-0.1, -0.05) is 0 Å². The van der Waals surface area contributed by atoms with Gasteiger partial charge in [-0.25, -0.2) is 17.6 Å². The first-order valence-corrected chi connectivity index (χ1v) is 5.14. The summed E-state index contributed by atoms with van der Waals surface area (Å²) in [5.74, 6) is -8.37. The number of aromatic nitrogens is 1. The maximum absolute atomic E-state index is 13.6. The van der Waals surface area contributed by atoms with Crippen molar-refractivity contribution in [3.63, 3.8) is 0 Å². The summed E-state index contributed by atoms with van der Waals surface area (Å²) in [6.07, 6.45) is 0.718. The third kappa shape index (κ3) is 2.44. The summed E-state index contributed by atoms with van der Waals surface area (Å²) in [6, 6.07) is -1.37. The average Bonchev–Trinajstić information content (AvgIpc) is 2.77. The largest absolute Gasteiger partial charge is 0.480 e. The lowest BCUT2D eigenvalue weighted by molar-refractivity contribution is -0.138. The quantitative estimate of drug-likeness (QED) is 0.461. The standard InChI is InChI=1S/C11H8F4N2O2.ClH/c12-6-5-3(1-4(16)11(18)19)2-17-10(5)9(15)8(14)7(6)13;/h2,4,17H,1,16H2,(H,18,19);1H. The molecule has 9 heteroatoms. The fourth-order valence-electron chi connectivity index (χ4n) is 1.79. The Hall–Kier alpha value is -1.80. The van der Waals surface area contributed by atoms with Crippen LogP contribution in [-0.2, 0) is 11.2 Å². The molecular weight excluding hydrogens is 304 g/mol. The van der Waals surface area contributed by atoms with E-state index < -0.39 is 46.2 Å². The van der Waals surface area contributed by atoms with E-state index in [9.17, 15) is 22.4 Å². The molecule has 0 spiro atoms. The van der Waals surface area contributed by atoms with Gasteiger partial charge >= 0.3 is 5.97 Å². The van der Waals surface area contributed by atoms with Gasteiger partial charge < -0.3 is 15.8 Å². The molecule has 0 bridgehead atoms. The smallest absolute Gasteiger partial charge is 0.320 e. The highest BCUT2D eigenvalue weighted by atomic mass is 35.5. The maximum atomic E-state index is 13.6. The first-order chi connectivity index (χ1) is 8.84. The summed E-state index contributed by atoms with van der Waals surface area (Å²) in [6.45, 7) is 0. The van der Waals surface area contributed by atoms with Crippen molar-refractivity contribution in [2.45, 2.75) is 12.5 Å². The zero-order valence-corrected chi connectivity index (χ0v) is 10.5. The van der Waals surface area contributed by atoms with Crippen LogP contribution in [0.15, 0.2) is 6.20 Å². The highest BCUT2D eigenvalue weighted by molar-refractivity contribution is 5.86. The van der Waals surface area contributed by atoms with E-state index in [1.807, 2.05) is 0 Å². The van der Waals surface area contributed by atoms with E-state index in [0.717, 1.165) is 6.20 Å². The molecule has 4 N–H and O–H groups in total. The van der Waals surface area contributed by atoms with Crippen LogP contribution in [0.5, 0.6) is 0 Å². The molecule has 0 fully saturated rings. The molecule has 0 amide bonds. The highest BCUT2D eigenvalue weighted by Crippen LogP contribution is 2.29. The van der Waals surface area contributed by atoms with Gasteiger partial charge in [-0.15, -0.1) is 12.4 Å². The third-order valence-electron chi connectivity index (χ3n) is 2.74. The molecule has 0 radical (unpaired) electrons. The monoisotopic (exact) mass is 312 g/mol. The fraction of sp³-hybridized carbons (Fsp3) is 0.182. The number of nitrogens with two attached hydrogens (primary N) is 1. The number of rotatable bonds is 3. The molecule has 4 nitrogen and oxygen atoms in total. The van der Waals surface area contributed by atoms with Crippen LogP contribution in [0.4, 0.5) is 17.6 Å². The van der Waals surface area contributed by atoms with Gasteiger partial charge in [0.2, 0.25) is 0 Å². The molecule has 2 aromatic rings. The van der Waals surface area contributed by atoms with E-state index in [-0.39, 0.29) is 24.4 Å². The number of halogens is 5. The number of aliphatic carboxylic acids is 1. The average molecular weight is 313 g/mol. The third-order valence-corrected chi connectivity index (χ3v) is 2.74. The van der Waals surface area contributed by atoms with Gasteiger partial charge in [-0.05, 0) is 5.56 Å². The minimum Gasteiger partial charge on any atom is -0.480 e. The van der Waals surface area contributed by atoms with Crippen LogP contribution in [0.1, 0.15) is 5.56 Å². The summed E-state index contributed by atoms with van der Waals surface area (Å²) in [5, 5.41) is 8.10. The predicted molar refractivity (Wildman–Crippen MR) is 64.7 cm³/mol. The maximum Gasteiger partial charge on any atom is 0.320 e. The topological polar surface area (TPSA) is 79.1 Å². The molecular formula is C11H9ClF4N2O2. The zero-order chi connectivity index (χ0) is 14.3. The first-order valence-electron chi connectivity index (χ1n) is 5.14. The van der Waals surface area contributed by atoms with Crippen LogP contribution in [0.3, 0.4) is 0 Å². The molecule has 1 aromatic carbocycles. The number of aromatic amines is 1. The Kier molecular flexibility index (Phi) is 4.61. The van der Waals surface area contributed by atoms with Gasteiger partial charge in [0.1, 0.15) is 6.04 Å². The molecule has 0 aliphatic carbocycles. The minimum absolute atomic E-state index is 0. The van der Waals surface area contributed by atoms with Crippen molar-refractivity contribution in [3.05, 3.63) is 35.0 Å². The van der Waals surface area contributed by atoms with Crippen molar-refractivity contribution >= 4 is 29.3 Å². The second kappa shape index (κ2) is 5.68. The second-order valence-electron chi connectivity index (χ2n) is 3.97. The molecule has 0 saturated carbocycles. The number of carboxylic acids is 1. The summed E-state index contributed by atoms with van der Waals surface area (Å²) in [5.41, 5.74) is 4.65. The zero-order valence-electron chi connectivity index (χ0n) is 9.71. The van der Waals surface area contributed by atoms with Gasteiger partial charge in [0, 0.05) is 18.0 Å². The van der Waals surface area contributed by atoms with Crippen LogP contribution in [0.2, 0.25) is 0 Å². The molecule has 1 heterocycles. The number of benzene rings is 1. The Balaban J connectivity index is 0.00000200. The number of H-pyrrole nitrogens is 1. The van der Waals surface area contributed by atoms with E-state index in [2.05, 4.69) is 4.98 Å². The van der Waals surface area contributed by atoms with Gasteiger partial charge in [0.05, 0.1) is 5.52 Å². The van der Waals surface area contributed by atoms with Gasteiger partial charge in [-0.2, -0.15) is 0 Å². The second-order valence-corrected chi connectivity index (χ2v) is 3.97. The normalized spacial score (nSPS) is 12.2. The lowest BCUT2D eigenvalue weighted by atomic mass is 10.0. The van der Waals surface area contributed by atoms with Gasteiger partial charge in [-0.3, -0.25) is 4.79 Å². The van der Waals surface area contributed by atoms with Crippen molar-refractivity contribution in [2.24, 2.45) is 5.73 Å². The first kappa shape index (κ1) is 16.3. The SMILES string of the molecule is Cl.NC(Cc1c[nH]c2c(F)c(F)c(F)c(F)c12)C(=O)O. The molecule has 0 aliphatic heterocycles. The number of hydrogen-bond donors (Lipinski definition) is 3. The van der Waals surface area contributed by atoms with Crippen LogP contribution >= 0.6 is 12.4 Å². The van der Waals surface area contributed by atoms with Crippen LogP contribution < -0.4 is 5.73 Å². The van der Waals surface area contributed by atoms with E-state index in [1.54, 1.807) is 0 Å². The molecule has 0 saturated heterocycles. The van der Waals surface area contributed by atoms with Crippen molar-refractivity contribution in [2.75, 3.05) is 0 Å². The van der Waals surface area contributed by atoms with E-state index in [0.29, 0.717) is 0 Å². The number of hydrogen-bond acceptors (Lipinski definition) is 2. The van der Waals surface area contributed by atoms with Crippen molar-refractivity contribution in [1.82, 2.24) is 4.98 Å². The lowest BCUT2D eigenvalue weighted by Gasteiger charge is -2.06. The van der Waals surface area contributed by atoms with E-state index >= 15 is 0 Å². The number of nitrogens with one attached hydrogen (secondary N) is 1. The summed E-state index contributed by atoms with van der Waals surface area (Å²) < 4.78 is 53.1. The van der Waals surface area contributed by atoms with Crippen LogP contribution in [-0.4, -0.2) is 22.1 Å². The molecule has 1 atom stereocenters. The Morgan fingerprint density at radius 3 is 2.30 bits per heavy atom. The number of fused-ring (bicyclic) bond motifs is 1. The van der Waals surface area contributed by atoms with Gasteiger partial charge in [0.15, 0.2) is 23.3 Å². The molecule has 2 rings (SSSR count). The summed E-state index contributed by atoms with van der Waals surface area (Å²) in [7, 11) is 0. The van der Waals surface area contributed by atoms with Crippen LogP contribution in [0.25, 0.3) is 10.9 Å². The lowest BCUT2D eigenvalue weighted by Crippen LogP contribution is -2.32. The molecule has 0 aliphatic rings. The molecule has 1 aromatic heterocycles. The Labute approximate surface area is 116 Å².